The van der Waals surface area contributed by atoms with Gasteiger partial charge in [0.2, 0.25) is 0 Å². The number of hydrogen-bond acceptors (Lipinski definition) is 3. The highest BCUT2D eigenvalue weighted by Gasteiger charge is 2.33. The standard InChI is InChI=1S/C18H36N2O/c1-3-18(15-21,19-4-2)12-8-14-20-13-7-11-17(20)16-9-5-6-10-16/h16-17,19,21H,3-15H2,1-2H3. The zero-order valence-corrected chi connectivity index (χ0v) is 14.2. The highest BCUT2D eigenvalue weighted by atomic mass is 16.3. The summed E-state index contributed by atoms with van der Waals surface area (Å²) in [7, 11) is 0. The van der Waals surface area contributed by atoms with Crippen molar-refractivity contribution < 1.29 is 5.11 Å². The number of rotatable bonds is 9. The van der Waals surface area contributed by atoms with Gasteiger partial charge in [-0.3, -0.25) is 0 Å². The molecule has 0 aromatic heterocycles. The third-order valence-corrected chi connectivity index (χ3v) is 5.99. The Balaban J connectivity index is 1.78. The average molecular weight is 296 g/mol. The summed E-state index contributed by atoms with van der Waals surface area (Å²) in [5.41, 5.74) is -0.0443. The van der Waals surface area contributed by atoms with Crippen LogP contribution in [0.5, 0.6) is 0 Å². The average Bonchev–Trinajstić information content (AvgIpc) is 3.17. The molecule has 1 saturated carbocycles. The summed E-state index contributed by atoms with van der Waals surface area (Å²) in [6.07, 6.45) is 12.0. The molecular formula is C18H36N2O. The van der Waals surface area contributed by atoms with E-state index in [-0.39, 0.29) is 12.1 Å². The molecule has 3 nitrogen and oxygen atoms in total. The number of aliphatic hydroxyl groups is 1. The van der Waals surface area contributed by atoms with E-state index >= 15 is 0 Å². The minimum atomic E-state index is -0.0443. The van der Waals surface area contributed by atoms with Crippen LogP contribution < -0.4 is 5.32 Å². The first-order chi connectivity index (χ1) is 10.2. The molecule has 1 aliphatic carbocycles. The summed E-state index contributed by atoms with van der Waals surface area (Å²) >= 11 is 0. The Hall–Kier alpha value is -0.120. The molecule has 1 heterocycles. The van der Waals surface area contributed by atoms with Crippen LogP contribution in [-0.2, 0) is 0 Å². The molecule has 0 amide bonds. The van der Waals surface area contributed by atoms with Crippen molar-refractivity contribution in [2.75, 3.05) is 26.2 Å². The van der Waals surface area contributed by atoms with Crippen molar-refractivity contribution >= 4 is 0 Å². The lowest BCUT2D eigenvalue weighted by atomic mass is 9.90. The van der Waals surface area contributed by atoms with Crippen LogP contribution in [0.1, 0.15) is 71.6 Å². The lowest BCUT2D eigenvalue weighted by Crippen LogP contribution is -2.48. The fourth-order valence-electron chi connectivity index (χ4n) is 4.64. The third kappa shape index (κ3) is 4.43. The fourth-order valence-corrected chi connectivity index (χ4v) is 4.64. The Morgan fingerprint density at radius 3 is 2.52 bits per heavy atom. The van der Waals surface area contributed by atoms with Crippen molar-refractivity contribution in [1.82, 2.24) is 10.2 Å². The molecule has 2 rings (SSSR count). The minimum Gasteiger partial charge on any atom is -0.394 e. The second-order valence-electron chi connectivity index (χ2n) is 7.22. The Kier molecular flexibility index (Phi) is 6.97. The van der Waals surface area contributed by atoms with Crippen LogP contribution in [0.15, 0.2) is 0 Å². The van der Waals surface area contributed by atoms with Gasteiger partial charge in [-0.15, -0.1) is 0 Å². The minimum absolute atomic E-state index is 0.0443. The van der Waals surface area contributed by atoms with Crippen LogP contribution in [0.4, 0.5) is 0 Å². The van der Waals surface area contributed by atoms with Gasteiger partial charge < -0.3 is 15.3 Å². The Morgan fingerprint density at radius 2 is 1.90 bits per heavy atom. The SMILES string of the molecule is CCNC(CC)(CO)CCCN1CCCC1C1CCCC1. The molecule has 2 atom stereocenters. The van der Waals surface area contributed by atoms with Crippen molar-refractivity contribution in [3.8, 4) is 0 Å². The first-order valence-corrected chi connectivity index (χ1v) is 9.34. The predicted molar refractivity (Wildman–Crippen MR) is 89.6 cm³/mol. The second kappa shape index (κ2) is 8.50. The number of likely N-dealkylation sites (tertiary alicyclic amines) is 1. The number of nitrogens with one attached hydrogen (secondary N) is 1. The number of aliphatic hydroxyl groups excluding tert-OH is 1. The van der Waals surface area contributed by atoms with E-state index in [1.54, 1.807) is 0 Å². The normalized spacial score (nSPS) is 27.3. The number of hydrogen-bond donors (Lipinski definition) is 2. The highest BCUT2D eigenvalue weighted by Crippen LogP contribution is 2.35. The van der Waals surface area contributed by atoms with Gasteiger partial charge in [-0.05, 0) is 70.5 Å². The molecule has 21 heavy (non-hydrogen) atoms. The van der Waals surface area contributed by atoms with Gasteiger partial charge in [0.1, 0.15) is 0 Å². The lowest BCUT2D eigenvalue weighted by Gasteiger charge is -2.34. The van der Waals surface area contributed by atoms with Gasteiger partial charge in [0, 0.05) is 11.6 Å². The molecule has 0 aromatic carbocycles. The van der Waals surface area contributed by atoms with Crippen molar-refractivity contribution in [3.63, 3.8) is 0 Å². The molecule has 2 N–H and O–H groups in total. The van der Waals surface area contributed by atoms with E-state index in [0.717, 1.165) is 31.3 Å². The summed E-state index contributed by atoms with van der Waals surface area (Å²) in [6, 6.07) is 0.872. The third-order valence-electron chi connectivity index (χ3n) is 5.99. The zero-order valence-electron chi connectivity index (χ0n) is 14.2. The van der Waals surface area contributed by atoms with Crippen molar-refractivity contribution in [2.45, 2.75) is 83.2 Å². The van der Waals surface area contributed by atoms with E-state index in [9.17, 15) is 5.11 Å². The molecule has 2 unspecified atom stereocenters. The summed E-state index contributed by atoms with van der Waals surface area (Å²) in [4.78, 5) is 2.76. The van der Waals surface area contributed by atoms with E-state index in [2.05, 4.69) is 24.1 Å². The number of likely N-dealkylation sites (N-methyl/N-ethyl adjacent to an activating group) is 1. The maximum absolute atomic E-state index is 9.75. The van der Waals surface area contributed by atoms with Crippen LogP contribution in [0.2, 0.25) is 0 Å². The Morgan fingerprint density at radius 1 is 1.14 bits per heavy atom. The Labute approximate surface area is 131 Å². The summed E-state index contributed by atoms with van der Waals surface area (Å²) < 4.78 is 0. The van der Waals surface area contributed by atoms with Gasteiger partial charge in [0.05, 0.1) is 6.61 Å². The molecule has 124 valence electrons. The van der Waals surface area contributed by atoms with Gasteiger partial charge in [0.15, 0.2) is 0 Å². The molecule has 1 saturated heterocycles. The van der Waals surface area contributed by atoms with Crippen molar-refractivity contribution in [2.24, 2.45) is 5.92 Å². The van der Waals surface area contributed by atoms with Gasteiger partial charge in [-0.25, -0.2) is 0 Å². The molecule has 2 aliphatic rings. The van der Waals surface area contributed by atoms with Crippen LogP contribution in [0, 0.1) is 5.92 Å². The highest BCUT2D eigenvalue weighted by molar-refractivity contribution is 4.89. The first-order valence-electron chi connectivity index (χ1n) is 9.34. The van der Waals surface area contributed by atoms with Crippen LogP contribution in [0.25, 0.3) is 0 Å². The van der Waals surface area contributed by atoms with Gasteiger partial charge in [-0.2, -0.15) is 0 Å². The van der Waals surface area contributed by atoms with Gasteiger partial charge in [-0.1, -0.05) is 26.7 Å². The maximum Gasteiger partial charge on any atom is 0.0613 e. The van der Waals surface area contributed by atoms with E-state index in [4.69, 9.17) is 0 Å². The predicted octanol–water partition coefficient (Wildman–Crippen LogP) is 3.17. The monoisotopic (exact) mass is 296 g/mol. The van der Waals surface area contributed by atoms with Crippen LogP contribution in [0.3, 0.4) is 0 Å². The lowest BCUT2D eigenvalue weighted by molar-refractivity contribution is 0.133. The molecule has 0 spiro atoms. The second-order valence-corrected chi connectivity index (χ2v) is 7.22. The zero-order chi connectivity index (χ0) is 15.1. The van der Waals surface area contributed by atoms with Crippen molar-refractivity contribution in [3.05, 3.63) is 0 Å². The molecule has 0 aromatic rings. The summed E-state index contributed by atoms with van der Waals surface area (Å²) in [5.74, 6) is 0.982. The molecule has 0 radical (unpaired) electrons. The van der Waals surface area contributed by atoms with Crippen molar-refractivity contribution in [1.29, 1.82) is 0 Å². The van der Waals surface area contributed by atoms with Gasteiger partial charge >= 0.3 is 0 Å². The molecular weight excluding hydrogens is 260 g/mol. The quantitative estimate of drug-likeness (QED) is 0.686. The summed E-state index contributed by atoms with van der Waals surface area (Å²) in [5, 5.41) is 13.3. The molecule has 0 bridgehead atoms. The molecule has 3 heteroatoms. The van der Waals surface area contributed by atoms with E-state index in [0.29, 0.717) is 0 Å². The van der Waals surface area contributed by atoms with E-state index in [1.807, 2.05) is 0 Å². The molecule has 1 aliphatic heterocycles. The van der Waals surface area contributed by atoms with Gasteiger partial charge in [0.25, 0.3) is 0 Å². The smallest absolute Gasteiger partial charge is 0.0613 e. The van der Waals surface area contributed by atoms with E-state index in [1.165, 1.54) is 58.0 Å². The topological polar surface area (TPSA) is 35.5 Å². The van der Waals surface area contributed by atoms with Crippen LogP contribution in [-0.4, -0.2) is 47.8 Å². The molecule has 2 fully saturated rings. The Bertz CT molecular complexity index is 285. The van der Waals surface area contributed by atoms with E-state index < -0.39 is 0 Å². The summed E-state index contributed by atoms with van der Waals surface area (Å²) in [6.45, 7) is 8.08. The maximum atomic E-state index is 9.75. The fraction of sp³-hybridized carbons (Fsp3) is 1.00. The van der Waals surface area contributed by atoms with Crippen LogP contribution >= 0.6 is 0 Å². The first kappa shape index (κ1) is 17.2. The largest absolute Gasteiger partial charge is 0.394 e. The number of nitrogens with zero attached hydrogens (tertiary/aromatic N) is 1.